The Balaban J connectivity index is 1.95. The molecule has 1 atom stereocenters. The summed E-state index contributed by atoms with van der Waals surface area (Å²) < 4.78 is 0. The molecular formula is C14H18N2O3. The highest BCUT2D eigenvalue weighted by molar-refractivity contribution is 5.97. The highest BCUT2D eigenvalue weighted by Crippen LogP contribution is 2.17. The van der Waals surface area contributed by atoms with E-state index in [9.17, 15) is 14.7 Å². The zero-order valence-electron chi connectivity index (χ0n) is 10.7. The first-order valence-corrected chi connectivity index (χ1v) is 6.40. The molecule has 102 valence electrons. The van der Waals surface area contributed by atoms with Crippen molar-refractivity contribution in [3.63, 3.8) is 0 Å². The van der Waals surface area contributed by atoms with E-state index in [2.05, 4.69) is 0 Å². The number of carbonyl (C=O) groups is 2. The monoisotopic (exact) mass is 262 g/mol. The molecule has 5 heteroatoms. The first-order chi connectivity index (χ1) is 9.06. The molecule has 0 bridgehead atoms. The molecule has 1 heterocycles. The Morgan fingerprint density at radius 1 is 1.32 bits per heavy atom. The van der Waals surface area contributed by atoms with Crippen LogP contribution >= 0.6 is 0 Å². The summed E-state index contributed by atoms with van der Waals surface area (Å²) in [6, 6.07) is 6.20. The van der Waals surface area contributed by atoms with Crippen molar-refractivity contribution in [3.8, 4) is 5.75 Å². The normalized spacial score (nSPS) is 20.1. The summed E-state index contributed by atoms with van der Waals surface area (Å²) in [6.07, 6.45) is 1.69. The van der Waals surface area contributed by atoms with Crippen LogP contribution < -0.4 is 5.73 Å². The van der Waals surface area contributed by atoms with Gasteiger partial charge in [-0.05, 0) is 43.7 Å². The van der Waals surface area contributed by atoms with Crippen molar-refractivity contribution in [2.45, 2.75) is 12.8 Å². The molecule has 1 aromatic carbocycles. The van der Waals surface area contributed by atoms with E-state index in [1.54, 1.807) is 12.1 Å². The van der Waals surface area contributed by atoms with Crippen LogP contribution in [0.2, 0.25) is 0 Å². The van der Waals surface area contributed by atoms with Gasteiger partial charge in [-0.1, -0.05) is 0 Å². The van der Waals surface area contributed by atoms with E-state index in [0.717, 1.165) is 19.4 Å². The van der Waals surface area contributed by atoms with E-state index in [4.69, 9.17) is 5.73 Å². The van der Waals surface area contributed by atoms with Gasteiger partial charge in [-0.25, -0.2) is 0 Å². The molecule has 19 heavy (non-hydrogen) atoms. The number of rotatable bonds is 4. The van der Waals surface area contributed by atoms with Gasteiger partial charge in [0, 0.05) is 12.1 Å². The third kappa shape index (κ3) is 3.54. The zero-order valence-corrected chi connectivity index (χ0v) is 10.7. The number of nitrogens with zero attached hydrogens (tertiary/aromatic N) is 1. The Kier molecular flexibility index (Phi) is 4.16. The quantitative estimate of drug-likeness (QED) is 0.785. The van der Waals surface area contributed by atoms with Crippen LogP contribution in [-0.4, -0.2) is 41.3 Å². The van der Waals surface area contributed by atoms with Crippen LogP contribution in [0, 0.1) is 5.92 Å². The van der Waals surface area contributed by atoms with Crippen LogP contribution in [0.3, 0.4) is 0 Å². The van der Waals surface area contributed by atoms with Crippen molar-refractivity contribution >= 4 is 11.7 Å². The van der Waals surface area contributed by atoms with Crippen LogP contribution in [0.4, 0.5) is 0 Å². The molecule has 0 spiro atoms. The summed E-state index contributed by atoms with van der Waals surface area (Å²) in [5, 5.41) is 9.18. The number of hydrogen-bond acceptors (Lipinski definition) is 4. The summed E-state index contributed by atoms with van der Waals surface area (Å²) in [7, 11) is 0. The van der Waals surface area contributed by atoms with Crippen LogP contribution in [0.15, 0.2) is 24.3 Å². The molecule has 0 radical (unpaired) electrons. The number of primary amides is 1. The van der Waals surface area contributed by atoms with Gasteiger partial charge in [-0.15, -0.1) is 0 Å². The number of phenols is 1. The molecule has 3 N–H and O–H groups in total. The van der Waals surface area contributed by atoms with Crippen molar-refractivity contribution in [3.05, 3.63) is 29.8 Å². The smallest absolute Gasteiger partial charge is 0.221 e. The number of amides is 1. The molecule has 2 rings (SSSR count). The Morgan fingerprint density at radius 3 is 2.63 bits per heavy atom. The van der Waals surface area contributed by atoms with Crippen molar-refractivity contribution in [1.29, 1.82) is 0 Å². The average Bonchev–Trinajstić information content (AvgIpc) is 2.39. The van der Waals surface area contributed by atoms with Gasteiger partial charge in [0.1, 0.15) is 5.75 Å². The van der Waals surface area contributed by atoms with Gasteiger partial charge in [0.15, 0.2) is 5.78 Å². The second-order valence-electron chi connectivity index (χ2n) is 4.95. The fraction of sp³-hybridized carbons (Fsp3) is 0.429. The number of phenolic OH excluding ortho intramolecular Hbond substituents is 1. The molecular weight excluding hydrogens is 244 g/mol. The van der Waals surface area contributed by atoms with E-state index in [-0.39, 0.29) is 29.9 Å². The number of hydrogen-bond donors (Lipinski definition) is 2. The van der Waals surface area contributed by atoms with E-state index < -0.39 is 0 Å². The van der Waals surface area contributed by atoms with Gasteiger partial charge in [0.2, 0.25) is 5.91 Å². The lowest BCUT2D eigenvalue weighted by atomic mass is 9.97. The van der Waals surface area contributed by atoms with E-state index in [1.807, 2.05) is 4.90 Å². The van der Waals surface area contributed by atoms with Crippen molar-refractivity contribution < 1.29 is 14.7 Å². The zero-order chi connectivity index (χ0) is 13.8. The topological polar surface area (TPSA) is 83.6 Å². The number of Topliss-reactive ketones (excluding diaryl/α,β-unsaturated/α-hetero) is 1. The molecule has 1 saturated heterocycles. The Morgan fingerprint density at radius 2 is 2.00 bits per heavy atom. The molecule has 0 aliphatic carbocycles. The maximum absolute atomic E-state index is 12.1. The Labute approximate surface area is 112 Å². The summed E-state index contributed by atoms with van der Waals surface area (Å²) in [5.41, 5.74) is 5.88. The second kappa shape index (κ2) is 5.84. The number of ketones is 1. The second-order valence-corrected chi connectivity index (χ2v) is 4.95. The minimum absolute atomic E-state index is 0.00915. The first kappa shape index (κ1) is 13.5. The summed E-state index contributed by atoms with van der Waals surface area (Å²) >= 11 is 0. The lowest BCUT2D eigenvalue weighted by Crippen LogP contribution is -2.43. The predicted octanol–water partition coefficient (Wildman–Crippen LogP) is 0.772. The molecule has 1 aliphatic rings. The summed E-state index contributed by atoms with van der Waals surface area (Å²) in [5.74, 6) is -0.309. The SMILES string of the molecule is NC(=O)C1CCCN(CC(=O)c2ccc(O)cc2)C1. The minimum atomic E-state index is -0.290. The Hall–Kier alpha value is -1.88. The predicted molar refractivity (Wildman–Crippen MR) is 70.8 cm³/mol. The van der Waals surface area contributed by atoms with E-state index in [0.29, 0.717) is 12.1 Å². The Bertz CT molecular complexity index is 470. The van der Waals surface area contributed by atoms with Gasteiger partial charge in [0.05, 0.1) is 12.5 Å². The molecule has 1 amide bonds. The van der Waals surface area contributed by atoms with Crippen molar-refractivity contribution in [1.82, 2.24) is 4.90 Å². The van der Waals surface area contributed by atoms with Gasteiger partial charge in [0.25, 0.3) is 0 Å². The average molecular weight is 262 g/mol. The molecule has 1 aliphatic heterocycles. The summed E-state index contributed by atoms with van der Waals surface area (Å²) in [4.78, 5) is 25.2. The molecule has 1 unspecified atom stereocenters. The molecule has 0 aromatic heterocycles. The van der Waals surface area contributed by atoms with Gasteiger partial charge >= 0.3 is 0 Å². The third-order valence-corrected chi connectivity index (χ3v) is 3.46. The van der Waals surface area contributed by atoms with Gasteiger partial charge in [-0.2, -0.15) is 0 Å². The fourth-order valence-electron chi connectivity index (χ4n) is 2.37. The van der Waals surface area contributed by atoms with Crippen LogP contribution in [0.5, 0.6) is 5.75 Å². The number of likely N-dealkylation sites (tertiary alicyclic amines) is 1. The third-order valence-electron chi connectivity index (χ3n) is 3.46. The van der Waals surface area contributed by atoms with E-state index in [1.165, 1.54) is 12.1 Å². The van der Waals surface area contributed by atoms with Crippen LogP contribution in [-0.2, 0) is 4.79 Å². The molecule has 0 saturated carbocycles. The highest BCUT2D eigenvalue weighted by Gasteiger charge is 2.25. The van der Waals surface area contributed by atoms with E-state index >= 15 is 0 Å². The van der Waals surface area contributed by atoms with Gasteiger partial charge < -0.3 is 10.8 Å². The largest absolute Gasteiger partial charge is 0.508 e. The van der Waals surface area contributed by atoms with Crippen molar-refractivity contribution in [2.75, 3.05) is 19.6 Å². The lowest BCUT2D eigenvalue weighted by Gasteiger charge is -2.30. The first-order valence-electron chi connectivity index (χ1n) is 6.40. The molecule has 1 aromatic rings. The highest BCUT2D eigenvalue weighted by atomic mass is 16.3. The maximum Gasteiger partial charge on any atom is 0.221 e. The number of aromatic hydroxyl groups is 1. The molecule has 5 nitrogen and oxygen atoms in total. The lowest BCUT2D eigenvalue weighted by molar-refractivity contribution is -0.123. The van der Waals surface area contributed by atoms with Crippen molar-refractivity contribution in [2.24, 2.45) is 11.7 Å². The van der Waals surface area contributed by atoms with Crippen LogP contribution in [0.25, 0.3) is 0 Å². The van der Waals surface area contributed by atoms with Crippen LogP contribution in [0.1, 0.15) is 23.2 Å². The standard InChI is InChI=1S/C14H18N2O3/c15-14(19)11-2-1-7-16(8-11)9-13(18)10-3-5-12(17)6-4-10/h3-6,11,17H,1-2,7-9H2,(H2,15,19). The number of carbonyl (C=O) groups excluding carboxylic acids is 2. The number of benzene rings is 1. The fourth-order valence-corrected chi connectivity index (χ4v) is 2.37. The number of nitrogens with two attached hydrogens (primary N) is 1. The molecule has 1 fully saturated rings. The summed E-state index contributed by atoms with van der Waals surface area (Å²) in [6.45, 7) is 1.65. The number of piperidine rings is 1. The maximum atomic E-state index is 12.1. The minimum Gasteiger partial charge on any atom is -0.508 e. The van der Waals surface area contributed by atoms with Gasteiger partial charge in [-0.3, -0.25) is 14.5 Å².